The molecule has 0 aliphatic carbocycles. The lowest BCUT2D eigenvalue weighted by Crippen LogP contribution is -2.22. The number of carbonyl (C=O) groups excluding carboxylic acids is 1. The first-order chi connectivity index (χ1) is 13.0. The number of aromatic nitrogens is 3. The van der Waals surface area contributed by atoms with Crippen LogP contribution in [0, 0.1) is 5.82 Å². The standard InChI is InChI=1S/C19H17F3N4O/c1-2-18(27)24-11-13-10-23-17(12-4-3-5-14(20)8-12)9-15(13)16-6-7-26(25-16)19(21)22/h3-10,19H,2,11H2,1H3,(H,24,27). The fourth-order valence-corrected chi connectivity index (χ4v) is 2.58. The molecule has 0 aliphatic heterocycles. The third-order valence-electron chi connectivity index (χ3n) is 3.99. The lowest BCUT2D eigenvalue weighted by Gasteiger charge is -2.11. The van der Waals surface area contributed by atoms with Gasteiger partial charge in [-0.2, -0.15) is 13.9 Å². The van der Waals surface area contributed by atoms with Crippen LogP contribution in [0.5, 0.6) is 0 Å². The van der Waals surface area contributed by atoms with E-state index in [9.17, 15) is 18.0 Å². The van der Waals surface area contributed by atoms with E-state index < -0.39 is 12.4 Å². The monoisotopic (exact) mass is 374 g/mol. The SMILES string of the molecule is CCC(=O)NCc1cnc(-c2cccc(F)c2)cc1-c1ccn(C(F)F)n1. The molecule has 27 heavy (non-hydrogen) atoms. The molecule has 0 saturated carbocycles. The van der Waals surface area contributed by atoms with Crippen molar-refractivity contribution in [3.63, 3.8) is 0 Å². The Hall–Kier alpha value is -3.16. The maximum atomic E-state index is 13.5. The predicted octanol–water partition coefficient (Wildman–Crippen LogP) is 4.17. The highest BCUT2D eigenvalue weighted by molar-refractivity contribution is 5.76. The van der Waals surface area contributed by atoms with Crippen LogP contribution >= 0.6 is 0 Å². The first kappa shape index (κ1) is 18.6. The Morgan fingerprint density at radius 2 is 2.04 bits per heavy atom. The Bertz CT molecular complexity index is 956. The number of amides is 1. The van der Waals surface area contributed by atoms with E-state index in [1.54, 1.807) is 25.1 Å². The normalized spacial score (nSPS) is 11.0. The summed E-state index contributed by atoms with van der Waals surface area (Å²) in [5.41, 5.74) is 2.50. The minimum Gasteiger partial charge on any atom is -0.352 e. The molecule has 0 bridgehead atoms. The Morgan fingerprint density at radius 1 is 1.22 bits per heavy atom. The summed E-state index contributed by atoms with van der Waals surface area (Å²) in [5, 5.41) is 6.63. The van der Waals surface area contributed by atoms with Crippen molar-refractivity contribution in [2.45, 2.75) is 26.4 Å². The van der Waals surface area contributed by atoms with Crippen LogP contribution in [0.1, 0.15) is 25.5 Å². The third kappa shape index (κ3) is 4.33. The van der Waals surface area contributed by atoms with Crippen molar-refractivity contribution >= 4 is 5.91 Å². The number of rotatable bonds is 6. The van der Waals surface area contributed by atoms with Crippen molar-refractivity contribution in [1.29, 1.82) is 0 Å². The molecule has 5 nitrogen and oxygen atoms in total. The highest BCUT2D eigenvalue weighted by Gasteiger charge is 2.15. The summed E-state index contributed by atoms with van der Waals surface area (Å²) in [6, 6.07) is 9.03. The van der Waals surface area contributed by atoms with Crippen LogP contribution in [-0.4, -0.2) is 20.7 Å². The van der Waals surface area contributed by atoms with E-state index in [1.807, 2.05) is 0 Å². The highest BCUT2D eigenvalue weighted by atomic mass is 19.3. The van der Waals surface area contributed by atoms with E-state index in [-0.39, 0.29) is 12.5 Å². The zero-order chi connectivity index (χ0) is 19.4. The lowest BCUT2D eigenvalue weighted by molar-refractivity contribution is -0.120. The number of benzene rings is 1. The molecule has 2 aromatic heterocycles. The first-order valence-electron chi connectivity index (χ1n) is 8.33. The number of alkyl halides is 2. The van der Waals surface area contributed by atoms with Gasteiger partial charge in [0.15, 0.2) is 0 Å². The van der Waals surface area contributed by atoms with E-state index in [1.165, 1.54) is 30.6 Å². The molecule has 0 radical (unpaired) electrons. The Kier molecular flexibility index (Phi) is 5.54. The smallest absolute Gasteiger partial charge is 0.333 e. The molecule has 140 valence electrons. The quantitative estimate of drug-likeness (QED) is 0.704. The van der Waals surface area contributed by atoms with E-state index in [0.717, 1.165) is 0 Å². The van der Waals surface area contributed by atoms with Crippen molar-refractivity contribution in [1.82, 2.24) is 20.1 Å². The van der Waals surface area contributed by atoms with Crippen LogP contribution in [0.4, 0.5) is 13.2 Å². The van der Waals surface area contributed by atoms with Gasteiger partial charge in [0, 0.05) is 36.5 Å². The minimum absolute atomic E-state index is 0.145. The van der Waals surface area contributed by atoms with Crippen molar-refractivity contribution in [2.75, 3.05) is 0 Å². The summed E-state index contributed by atoms with van der Waals surface area (Å²) in [4.78, 5) is 15.9. The molecule has 0 spiro atoms. The van der Waals surface area contributed by atoms with Crippen LogP contribution < -0.4 is 5.32 Å². The molecule has 1 aromatic carbocycles. The lowest BCUT2D eigenvalue weighted by atomic mass is 10.0. The summed E-state index contributed by atoms with van der Waals surface area (Å²) in [5.74, 6) is -0.551. The Morgan fingerprint density at radius 3 is 2.70 bits per heavy atom. The molecule has 2 heterocycles. The minimum atomic E-state index is -2.76. The van der Waals surface area contributed by atoms with Gasteiger partial charge < -0.3 is 5.32 Å². The molecule has 3 aromatic rings. The summed E-state index contributed by atoms with van der Waals surface area (Å²) in [6.45, 7) is -0.849. The molecule has 0 saturated heterocycles. The highest BCUT2D eigenvalue weighted by Crippen LogP contribution is 2.28. The fourth-order valence-electron chi connectivity index (χ4n) is 2.58. The predicted molar refractivity (Wildman–Crippen MR) is 94.2 cm³/mol. The molecular weight excluding hydrogens is 357 g/mol. The molecule has 0 aliphatic rings. The largest absolute Gasteiger partial charge is 0.352 e. The number of hydrogen-bond acceptors (Lipinski definition) is 3. The van der Waals surface area contributed by atoms with Gasteiger partial charge in [0.25, 0.3) is 0 Å². The average molecular weight is 374 g/mol. The van der Waals surface area contributed by atoms with E-state index >= 15 is 0 Å². The number of hydrogen-bond donors (Lipinski definition) is 1. The maximum absolute atomic E-state index is 13.5. The topological polar surface area (TPSA) is 59.8 Å². The van der Waals surface area contributed by atoms with Crippen LogP contribution in [0.3, 0.4) is 0 Å². The molecule has 8 heteroatoms. The number of carbonyl (C=O) groups is 1. The summed E-state index contributed by atoms with van der Waals surface area (Å²) >= 11 is 0. The van der Waals surface area contributed by atoms with Crippen molar-refractivity contribution in [3.8, 4) is 22.5 Å². The van der Waals surface area contributed by atoms with Gasteiger partial charge >= 0.3 is 6.55 Å². The van der Waals surface area contributed by atoms with Crippen LogP contribution in [0.25, 0.3) is 22.5 Å². The second-order valence-corrected chi connectivity index (χ2v) is 5.83. The van der Waals surface area contributed by atoms with Gasteiger partial charge in [-0.25, -0.2) is 9.07 Å². The van der Waals surface area contributed by atoms with Gasteiger partial charge in [0.2, 0.25) is 5.91 Å². The molecule has 0 fully saturated rings. The summed E-state index contributed by atoms with van der Waals surface area (Å²) in [7, 11) is 0. The van der Waals surface area contributed by atoms with Crippen molar-refractivity contribution in [3.05, 3.63) is 60.2 Å². The molecule has 0 atom stereocenters. The number of nitrogens with zero attached hydrogens (tertiary/aromatic N) is 3. The van der Waals surface area contributed by atoms with Crippen molar-refractivity contribution < 1.29 is 18.0 Å². The van der Waals surface area contributed by atoms with E-state index in [4.69, 9.17) is 0 Å². The summed E-state index contributed by atoms with van der Waals surface area (Å²) in [6.07, 6.45) is 3.04. The van der Waals surface area contributed by atoms with Crippen LogP contribution in [-0.2, 0) is 11.3 Å². The number of pyridine rings is 1. The van der Waals surface area contributed by atoms with Crippen molar-refractivity contribution in [2.24, 2.45) is 0 Å². The van der Waals surface area contributed by atoms with Gasteiger partial charge in [-0.15, -0.1) is 0 Å². The summed E-state index contributed by atoms with van der Waals surface area (Å²) < 4.78 is 39.8. The van der Waals surface area contributed by atoms with E-state index in [2.05, 4.69) is 15.4 Å². The second kappa shape index (κ2) is 8.03. The number of halogens is 3. The van der Waals surface area contributed by atoms with Gasteiger partial charge in [-0.3, -0.25) is 9.78 Å². The molecule has 1 amide bonds. The van der Waals surface area contributed by atoms with E-state index in [0.29, 0.717) is 39.2 Å². The van der Waals surface area contributed by atoms with Gasteiger partial charge in [-0.1, -0.05) is 19.1 Å². The third-order valence-corrected chi connectivity index (χ3v) is 3.99. The molecule has 0 unspecified atom stereocenters. The molecular formula is C19H17F3N4O. The molecule has 1 N–H and O–H groups in total. The van der Waals surface area contributed by atoms with Crippen LogP contribution in [0.2, 0.25) is 0 Å². The Balaban J connectivity index is 2.03. The van der Waals surface area contributed by atoms with Gasteiger partial charge in [0.05, 0.1) is 11.4 Å². The zero-order valence-electron chi connectivity index (χ0n) is 14.5. The fraction of sp³-hybridized carbons (Fsp3) is 0.211. The number of nitrogens with one attached hydrogen (secondary N) is 1. The molecule has 3 rings (SSSR count). The second-order valence-electron chi connectivity index (χ2n) is 5.83. The zero-order valence-corrected chi connectivity index (χ0v) is 14.5. The Labute approximate surface area is 153 Å². The van der Waals surface area contributed by atoms with Crippen LogP contribution in [0.15, 0.2) is 48.8 Å². The first-order valence-corrected chi connectivity index (χ1v) is 8.33. The van der Waals surface area contributed by atoms with Gasteiger partial charge in [0.1, 0.15) is 5.82 Å². The average Bonchev–Trinajstić information content (AvgIpc) is 3.16. The van der Waals surface area contributed by atoms with Gasteiger partial charge in [-0.05, 0) is 29.8 Å². The maximum Gasteiger partial charge on any atom is 0.333 e.